The van der Waals surface area contributed by atoms with E-state index in [-0.39, 0.29) is 31.3 Å². The number of nitrogens with one attached hydrogen (secondary N) is 1. The quantitative estimate of drug-likeness (QED) is 0.784. The van der Waals surface area contributed by atoms with Crippen LogP contribution in [0.25, 0.3) is 0 Å². The largest absolute Gasteiger partial charge is 0.495 e. The van der Waals surface area contributed by atoms with Crippen LogP contribution in [0.3, 0.4) is 0 Å². The first-order valence-corrected chi connectivity index (χ1v) is 10.0. The van der Waals surface area contributed by atoms with Gasteiger partial charge in [0.05, 0.1) is 22.8 Å². The van der Waals surface area contributed by atoms with Gasteiger partial charge >= 0.3 is 0 Å². The molecule has 2 rings (SSSR count). The van der Waals surface area contributed by atoms with E-state index in [1.54, 1.807) is 0 Å². The molecule has 24 heavy (non-hydrogen) atoms. The Balaban J connectivity index is 2.52. The first-order valence-electron chi connectivity index (χ1n) is 6.24. The zero-order chi connectivity index (χ0) is 18.1. The van der Waals surface area contributed by atoms with Crippen molar-refractivity contribution in [2.45, 2.75) is 9.79 Å². The summed E-state index contributed by atoms with van der Waals surface area (Å²) in [6.45, 7) is 0. The normalized spacial score (nSPS) is 12.0. The van der Waals surface area contributed by atoms with Gasteiger partial charge in [0.15, 0.2) is 0 Å². The Hall–Kier alpha value is -1.52. The van der Waals surface area contributed by atoms with Gasteiger partial charge in [0, 0.05) is 0 Å². The van der Waals surface area contributed by atoms with Crippen molar-refractivity contribution in [1.82, 2.24) is 0 Å². The van der Waals surface area contributed by atoms with E-state index in [9.17, 15) is 16.8 Å². The first kappa shape index (κ1) is 18.8. The number of hydrogen-bond acceptors (Lipinski definition) is 5. The number of rotatable bonds is 5. The molecule has 11 heteroatoms. The monoisotopic (exact) mass is 410 g/mol. The predicted octanol–water partition coefficient (Wildman–Crippen LogP) is 2.45. The number of methoxy groups -OCH3 is 1. The maximum absolute atomic E-state index is 12.5. The summed E-state index contributed by atoms with van der Waals surface area (Å²) in [6.07, 6.45) is 0. The number of anilines is 1. The SMILES string of the molecule is COc1ccc(NS(=O)(=O)c2c(Cl)cccc2Cl)cc1S(N)(=O)=O. The van der Waals surface area contributed by atoms with Crippen molar-refractivity contribution in [3.8, 4) is 5.75 Å². The highest BCUT2D eigenvalue weighted by atomic mass is 35.5. The van der Waals surface area contributed by atoms with E-state index < -0.39 is 20.0 Å². The Morgan fingerprint density at radius 2 is 1.62 bits per heavy atom. The van der Waals surface area contributed by atoms with E-state index in [4.69, 9.17) is 33.1 Å². The smallest absolute Gasteiger partial charge is 0.264 e. The average Bonchev–Trinajstić information content (AvgIpc) is 2.45. The molecule has 0 bridgehead atoms. The number of nitrogens with two attached hydrogens (primary N) is 1. The lowest BCUT2D eigenvalue weighted by atomic mass is 10.3. The van der Waals surface area contributed by atoms with Crippen molar-refractivity contribution in [1.29, 1.82) is 0 Å². The van der Waals surface area contributed by atoms with Gasteiger partial charge in [0.1, 0.15) is 15.5 Å². The molecule has 0 aliphatic carbocycles. The highest BCUT2D eigenvalue weighted by molar-refractivity contribution is 7.93. The Morgan fingerprint density at radius 1 is 1.04 bits per heavy atom. The topological polar surface area (TPSA) is 116 Å². The van der Waals surface area contributed by atoms with Crippen LogP contribution >= 0.6 is 23.2 Å². The third-order valence-corrected chi connectivity index (χ3v) is 6.18. The molecule has 0 aliphatic heterocycles. The van der Waals surface area contributed by atoms with Crippen LogP contribution in [0, 0.1) is 0 Å². The molecule has 0 radical (unpaired) electrons. The van der Waals surface area contributed by atoms with Crippen molar-refractivity contribution < 1.29 is 21.6 Å². The first-order chi connectivity index (χ1) is 11.1. The molecule has 0 saturated carbocycles. The summed E-state index contributed by atoms with van der Waals surface area (Å²) in [5, 5.41) is 4.95. The average molecular weight is 411 g/mol. The van der Waals surface area contributed by atoms with Crippen LogP contribution < -0.4 is 14.6 Å². The highest BCUT2D eigenvalue weighted by Gasteiger charge is 2.23. The minimum absolute atomic E-state index is 0.0174. The van der Waals surface area contributed by atoms with Crippen molar-refractivity contribution in [3.05, 3.63) is 46.4 Å². The molecule has 0 fully saturated rings. The van der Waals surface area contributed by atoms with E-state index in [1.165, 1.54) is 37.4 Å². The third kappa shape index (κ3) is 3.93. The van der Waals surface area contributed by atoms with Crippen LogP contribution in [-0.4, -0.2) is 23.9 Å². The fourth-order valence-corrected chi connectivity index (χ4v) is 4.83. The van der Waals surface area contributed by atoms with Gasteiger partial charge in [-0.25, -0.2) is 22.0 Å². The Labute approximate surface area is 149 Å². The number of ether oxygens (including phenoxy) is 1. The third-order valence-electron chi connectivity index (χ3n) is 2.91. The van der Waals surface area contributed by atoms with Gasteiger partial charge in [-0.3, -0.25) is 4.72 Å². The highest BCUT2D eigenvalue weighted by Crippen LogP contribution is 2.32. The van der Waals surface area contributed by atoms with Crippen LogP contribution in [0.1, 0.15) is 0 Å². The molecule has 0 atom stereocenters. The maximum atomic E-state index is 12.5. The molecule has 0 aliphatic rings. The molecule has 0 amide bonds. The molecular formula is C13H12Cl2N2O5S2. The summed E-state index contributed by atoms with van der Waals surface area (Å²) in [6, 6.07) is 7.85. The predicted molar refractivity (Wildman–Crippen MR) is 91.6 cm³/mol. The van der Waals surface area contributed by atoms with Crippen molar-refractivity contribution in [2.24, 2.45) is 5.14 Å². The molecule has 2 aromatic carbocycles. The standard InChI is InChI=1S/C13H12Cl2N2O5S2/c1-22-11-6-5-8(7-12(11)23(16,18)19)17-24(20,21)13-9(14)3-2-4-10(13)15/h2-7,17H,1H3,(H2,16,18,19). The summed E-state index contributed by atoms with van der Waals surface area (Å²) in [7, 11) is -7.00. The van der Waals surface area contributed by atoms with Crippen LogP contribution in [0.15, 0.2) is 46.2 Å². The molecule has 2 aromatic rings. The van der Waals surface area contributed by atoms with Gasteiger partial charge < -0.3 is 4.74 Å². The minimum atomic E-state index is -4.15. The van der Waals surface area contributed by atoms with E-state index in [0.29, 0.717) is 0 Å². The van der Waals surface area contributed by atoms with Gasteiger partial charge in [0.25, 0.3) is 10.0 Å². The summed E-state index contributed by atoms with van der Waals surface area (Å²) >= 11 is 11.8. The van der Waals surface area contributed by atoms with E-state index in [0.717, 1.165) is 6.07 Å². The summed E-state index contributed by atoms with van der Waals surface area (Å²) < 4.78 is 55.2. The molecule has 0 heterocycles. The van der Waals surface area contributed by atoms with Crippen LogP contribution in [-0.2, 0) is 20.0 Å². The second-order valence-corrected chi connectivity index (χ2v) is 8.53. The van der Waals surface area contributed by atoms with Crippen molar-refractivity contribution in [2.75, 3.05) is 11.8 Å². The summed E-state index contributed by atoms with van der Waals surface area (Å²) in [4.78, 5) is -0.684. The fourth-order valence-electron chi connectivity index (χ4n) is 1.91. The van der Waals surface area contributed by atoms with Crippen LogP contribution in [0.5, 0.6) is 5.75 Å². The number of benzene rings is 2. The summed E-state index contributed by atoms with van der Waals surface area (Å²) in [5.41, 5.74) is -0.0455. The van der Waals surface area contributed by atoms with Gasteiger partial charge in [-0.2, -0.15) is 0 Å². The lowest BCUT2D eigenvalue weighted by Crippen LogP contribution is -2.16. The molecule has 0 saturated heterocycles. The number of hydrogen-bond donors (Lipinski definition) is 2. The Morgan fingerprint density at radius 3 is 2.12 bits per heavy atom. The minimum Gasteiger partial charge on any atom is -0.495 e. The molecule has 0 aromatic heterocycles. The van der Waals surface area contributed by atoms with Crippen molar-refractivity contribution in [3.63, 3.8) is 0 Å². The van der Waals surface area contributed by atoms with Crippen LogP contribution in [0.4, 0.5) is 5.69 Å². The Kier molecular flexibility index (Phi) is 5.31. The lowest BCUT2D eigenvalue weighted by molar-refractivity contribution is 0.403. The number of sulfonamides is 2. The van der Waals surface area contributed by atoms with Gasteiger partial charge in [-0.1, -0.05) is 29.3 Å². The molecule has 3 N–H and O–H groups in total. The maximum Gasteiger partial charge on any atom is 0.264 e. The van der Waals surface area contributed by atoms with E-state index in [2.05, 4.69) is 4.72 Å². The summed E-state index contributed by atoms with van der Waals surface area (Å²) in [5.74, 6) is -0.0174. The number of primary sulfonamides is 1. The van der Waals surface area contributed by atoms with Gasteiger partial charge in [-0.15, -0.1) is 0 Å². The molecule has 0 unspecified atom stereocenters. The van der Waals surface area contributed by atoms with Gasteiger partial charge in [0.2, 0.25) is 10.0 Å². The zero-order valence-corrected chi connectivity index (χ0v) is 15.3. The lowest BCUT2D eigenvalue weighted by Gasteiger charge is -2.13. The second-order valence-electron chi connectivity index (χ2n) is 4.57. The second kappa shape index (κ2) is 6.77. The zero-order valence-electron chi connectivity index (χ0n) is 12.2. The molecule has 0 spiro atoms. The van der Waals surface area contributed by atoms with Crippen LogP contribution in [0.2, 0.25) is 10.0 Å². The van der Waals surface area contributed by atoms with E-state index >= 15 is 0 Å². The van der Waals surface area contributed by atoms with E-state index in [1.807, 2.05) is 0 Å². The molecule has 130 valence electrons. The Bertz CT molecular complexity index is 971. The molecule has 7 nitrogen and oxygen atoms in total. The van der Waals surface area contributed by atoms with Gasteiger partial charge in [-0.05, 0) is 30.3 Å². The number of halogens is 2. The fraction of sp³-hybridized carbons (Fsp3) is 0.0769. The molecular weight excluding hydrogens is 399 g/mol. The van der Waals surface area contributed by atoms with Crippen molar-refractivity contribution >= 4 is 48.9 Å².